The van der Waals surface area contributed by atoms with E-state index in [1.165, 1.54) is 11.8 Å². The molecule has 1 unspecified atom stereocenters. The van der Waals surface area contributed by atoms with E-state index in [4.69, 9.17) is 14.5 Å². The van der Waals surface area contributed by atoms with E-state index in [9.17, 15) is 0 Å². The predicted octanol–water partition coefficient (Wildman–Crippen LogP) is 1.33. The summed E-state index contributed by atoms with van der Waals surface area (Å²) in [6, 6.07) is 2.05. The van der Waals surface area contributed by atoms with Gasteiger partial charge in [-0.3, -0.25) is 0 Å². The van der Waals surface area contributed by atoms with Crippen LogP contribution in [0.2, 0.25) is 0 Å². The third-order valence-electron chi connectivity index (χ3n) is 2.17. The summed E-state index contributed by atoms with van der Waals surface area (Å²) in [6.07, 6.45) is 0.963. The number of nitriles is 1. The number of nitrogens with zero attached hydrogens (tertiary/aromatic N) is 3. The first-order valence-corrected chi connectivity index (χ1v) is 5.90. The van der Waals surface area contributed by atoms with Crippen molar-refractivity contribution in [3.8, 4) is 6.07 Å². The van der Waals surface area contributed by atoms with Gasteiger partial charge in [0, 0.05) is 12.5 Å². The molecule has 2 heterocycles. The summed E-state index contributed by atoms with van der Waals surface area (Å²) in [7, 11) is 0. The monoisotopic (exact) mass is 225 g/mol. The number of aromatic nitrogens is 2. The molecule has 5 nitrogen and oxygen atoms in total. The zero-order valence-corrected chi connectivity index (χ0v) is 9.00. The molecule has 0 amide bonds. The van der Waals surface area contributed by atoms with Gasteiger partial charge in [-0.15, -0.1) is 11.8 Å². The normalized spacial score (nSPS) is 20.3. The van der Waals surface area contributed by atoms with Crippen molar-refractivity contribution in [3.05, 3.63) is 11.7 Å². The van der Waals surface area contributed by atoms with Crippen LogP contribution in [0.15, 0.2) is 4.52 Å². The lowest BCUT2D eigenvalue weighted by atomic mass is 10.1. The van der Waals surface area contributed by atoms with Gasteiger partial charge >= 0.3 is 0 Å². The first-order chi connectivity index (χ1) is 7.40. The zero-order chi connectivity index (χ0) is 10.5. The lowest BCUT2D eigenvalue weighted by Crippen LogP contribution is -1.99. The van der Waals surface area contributed by atoms with Crippen molar-refractivity contribution in [2.45, 2.75) is 18.1 Å². The van der Waals surface area contributed by atoms with Gasteiger partial charge in [0.25, 0.3) is 0 Å². The smallest absolute Gasteiger partial charge is 0.236 e. The highest BCUT2D eigenvalue weighted by molar-refractivity contribution is 7.98. The van der Waals surface area contributed by atoms with Gasteiger partial charge in [-0.25, -0.2) is 0 Å². The second-order valence-corrected chi connectivity index (χ2v) is 4.24. The van der Waals surface area contributed by atoms with E-state index in [1.54, 1.807) is 0 Å². The fourth-order valence-electron chi connectivity index (χ4n) is 1.41. The van der Waals surface area contributed by atoms with Crippen molar-refractivity contribution in [3.63, 3.8) is 0 Å². The summed E-state index contributed by atoms with van der Waals surface area (Å²) in [6.45, 7) is 1.46. The van der Waals surface area contributed by atoms with Crippen LogP contribution in [-0.4, -0.2) is 29.1 Å². The van der Waals surface area contributed by atoms with Crippen molar-refractivity contribution in [2.24, 2.45) is 0 Å². The maximum absolute atomic E-state index is 8.37. The Morgan fingerprint density at radius 3 is 3.27 bits per heavy atom. The van der Waals surface area contributed by atoms with Crippen LogP contribution >= 0.6 is 11.8 Å². The molecule has 0 saturated carbocycles. The molecule has 15 heavy (non-hydrogen) atoms. The first kappa shape index (κ1) is 10.5. The number of thioether (sulfide) groups is 1. The van der Waals surface area contributed by atoms with Crippen LogP contribution in [0.25, 0.3) is 0 Å². The van der Waals surface area contributed by atoms with Gasteiger partial charge in [-0.2, -0.15) is 10.2 Å². The summed E-state index contributed by atoms with van der Waals surface area (Å²) in [5.41, 5.74) is 0. The molecule has 0 spiro atoms. The number of hydrogen-bond donors (Lipinski definition) is 0. The molecule has 80 valence electrons. The molecule has 1 aliphatic rings. The van der Waals surface area contributed by atoms with E-state index < -0.39 is 0 Å². The standard InChI is InChI=1S/C9H11N3O2S/c10-2-4-15-6-8-11-9(12-14-8)7-1-3-13-5-7/h7H,1,3-6H2. The Morgan fingerprint density at radius 2 is 2.53 bits per heavy atom. The van der Waals surface area contributed by atoms with E-state index in [2.05, 4.69) is 16.2 Å². The van der Waals surface area contributed by atoms with Crippen LogP contribution in [0.4, 0.5) is 0 Å². The van der Waals surface area contributed by atoms with Gasteiger partial charge in [0.15, 0.2) is 5.82 Å². The summed E-state index contributed by atoms with van der Waals surface area (Å²) in [5, 5.41) is 12.3. The van der Waals surface area contributed by atoms with Crippen molar-refractivity contribution in [1.29, 1.82) is 5.26 Å². The van der Waals surface area contributed by atoms with Gasteiger partial charge in [0.05, 0.1) is 24.2 Å². The maximum Gasteiger partial charge on any atom is 0.236 e. The van der Waals surface area contributed by atoms with Crippen LogP contribution in [0, 0.1) is 11.3 Å². The molecule has 0 aromatic carbocycles. The van der Waals surface area contributed by atoms with E-state index in [1.807, 2.05) is 0 Å². The Bertz CT molecular complexity index is 354. The van der Waals surface area contributed by atoms with Crippen molar-refractivity contribution in [2.75, 3.05) is 19.0 Å². The molecule has 2 rings (SSSR count). The summed E-state index contributed by atoms with van der Waals surface area (Å²) < 4.78 is 10.3. The number of ether oxygens (including phenoxy) is 1. The number of hydrogen-bond acceptors (Lipinski definition) is 6. The Labute approximate surface area is 91.8 Å². The van der Waals surface area contributed by atoms with Crippen molar-refractivity contribution in [1.82, 2.24) is 10.1 Å². The minimum Gasteiger partial charge on any atom is -0.381 e. The minimum atomic E-state index is 0.281. The highest BCUT2D eigenvalue weighted by Gasteiger charge is 2.22. The highest BCUT2D eigenvalue weighted by atomic mass is 32.2. The van der Waals surface area contributed by atoms with E-state index in [0.717, 1.165) is 18.9 Å². The Kier molecular flexibility index (Phi) is 3.59. The third kappa shape index (κ3) is 2.70. The predicted molar refractivity (Wildman–Crippen MR) is 54.3 cm³/mol. The topological polar surface area (TPSA) is 71.9 Å². The Hall–Kier alpha value is -1.06. The molecule has 1 saturated heterocycles. The molecule has 0 radical (unpaired) electrons. The molecule has 1 atom stereocenters. The second-order valence-electron chi connectivity index (χ2n) is 3.26. The van der Waals surface area contributed by atoms with Gasteiger partial charge in [-0.05, 0) is 6.42 Å². The van der Waals surface area contributed by atoms with Crippen molar-refractivity contribution >= 4 is 11.8 Å². The number of rotatable bonds is 4. The average molecular weight is 225 g/mol. The highest BCUT2D eigenvalue weighted by Crippen LogP contribution is 2.23. The third-order valence-corrected chi connectivity index (χ3v) is 2.96. The molecular formula is C9H11N3O2S. The second kappa shape index (κ2) is 5.14. The molecule has 0 bridgehead atoms. The van der Waals surface area contributed by atoms with Crippen LogP contribution in [0.3, 0.4) is 0 Å². The molecule has 0 N–H and O–H groups in total. The first-order valence-electron chi connectivity index (χ1n) is 4.75. The molecule has 1 aromatic heterocycles. The van der Waals surface area contributed by atoms with Gasteiger partial charge in [-0.1, -0.05) is 5.16 Å². The Morgan fingerprint density at radius 1 is 1.60 bits per heavy atom. The molecule has 6 heteroatoms. The van der Waals surface area contributed by atoms with E-state index >= 15 is 0 Å². The van der Waals surface area contributed by atoms with E-state index in [-0.39, 0.29) is 5.92 Å². The quantitative estimate of drug-likeness (QED) is 0.720. The lowest BCUT2D eigenvalue weighted by molar-refractivity contribution is 0.192. The van der Waals surface area contributed by atoms with Gasteiger partial charge in [0.2, 0.25) is 5.89 Å². The maximum atomic E-state index is 8.37. The Balaban J connectivity index is 1.89. The summed E-state index contributed by atoms with van der Waals surface area (Å²) >= 11 is 1.47. The van der Waals surface area contributed by atoms with E-state index in [0.29, 0.717) is 24.0 Å². The SMILES string of the molecule is N#CCSCc1nc(C2CCOC2)no1. The molecule has 0 aliphatic carbocycles. The largest absolute Gasteiger partial charge is 0.381 e. The van der Waals surface area contributed by atoms with Crippen LogP contribution in [-0.2, 0) is 10.5 Å². The lowest BCUT2D eigenvalue weighted by Gasteiger charge is -1.97. The molecule has 1 aromatic rings. The van der Waals surface area contributed by atoms with Gasteiger partial charge < -0.3 is 9.26 Å². The zero-order valence-electron chi connectivity index (χ0n) is 8.18. The van der Waals surface area contributed by atoms with Gasteiger partial charge in [0.1, 0.15) is 0 Å². The minimum absolute atomic E-state index is 0.281. The molecular weight excluding hydrogens is 214 g/mol. The average Bonchev–Trinajstić information content (AvgIpc) is 2.87. The van der Waals surface area contributed by atoms with Crippen molar-refractivity contribution < 1.29 is 9.26 Å². The fraction of sp³-hybridized carbons (Fsp3) is 0.667. The van der Waals surface area contributed by atoms with Crippen LogP contribution < -0.4 is 0 Å². The fourth-order valence-corrected chi connectivity index (χ4v) is 1.90. The van der Waals surface area contributed by atoms with Crippen LogP contribution in [0.1, 0.15) is 24.1 Å². The summed E-state index contributed by atoms with van der Waals surface area (Å²) in [4.78, 5) is 4.28. The molecule has 1 fully saturated rings. The molecule has 1 aliphatic heterocycles. The summed E-state index contributed by atoms with van der Waals surface area (Å²) in [5.74, 6) is 2.67. The van der Waals surface area contributed by atoms with Crippen LogP contribution in [0.5, 0.6) is 0 Å².